The number of hydrogen-bond acceptors (Lipinski definition) is 3. The van der Waals surface area contributed by atoms with Crippen LogP contribution in [0.5, 0.6) is 5.75 Å². The molecule has 0 amide bonds. The van der Waals surface area contributed by atoms with E-state index in [0.717, 1.165) is 16.9 Å². The fourth-order valence-electron chi connectivity index (χ4n) is 2.25. The van der Waals surface area contributed by atoms with Gasteiger partial charge in [0.25, 0.3) is 0 Å². The Morgan fingerprint density at radius 3 is 2.88 bits per heavy atom. The molecule has 1 saturated heterocycles. The average Bonchev–Trinajstić information content (AvgIpc) is 2.60. The van der Waals surface area contributed by atoms with Gasteiger partial charge in [0.15, 0.2) is 0 Å². The predicted molar refractivity (Wildman–Crippen MR) is 63.9 cm³/mol. The molecule has 0 bridgehead atoms. The minimum atomic E-state index is -0.321. The smallest absolute Gasteiger partial charge is 0.336 e. The molecule has 0 radical (unpaired) electrons. The molecule has 3 nitrogen and oxygen atoms in total. The summed E-state index contributed by atoms with van der Waals surface area (Å²) in [5.41, 5.74) is 2.36. The first kappa shape index (κ1) is 10.7. The summed E-state index contributed by atoms with van der Waals surface area (Å²) in [6, 6.07) is 5.74. The van der Waals surface area contributed by atoms with Gasteiger partial charge in [-0.2, -0.15) is 0 Å². The minimum absolute atomic E-state index is 0.0539. The van der Waals surface area contributed by atoms with Crippen LogP contribution in [0.3, 0.4) is 0 Å². The van der Waals surface area contributed by atoms with Gasteiger partial charge in [-0.25, -0.2) is 4.79 Å². The number of benzene rings is 1. The topological polar surface area (TPSA) is 35.5 Å². The van der Waals surface area contributed by atoms with Crippen LogP contribution in [0, 0.1) is 12.8 Å². The number of aryl methyl sites for hydroxylation is 1. The van der Waals surface area contributed by atoms with E-state index in [4.69, 9.17) is 21.1 Å². The zero-order valence-corrected chi connectivity index (χ0v) is 10.1. The molecule has 88 valence electrons. The third kappa shape index (κ3) is 1.53. The fourth-order valence-corrected chi connectivity index (χ4v) is 2.63. The Hall–Kier alpha value is -1.48. The van der Waals surface area contributed by atoms with Gasteiger partial charge in [-0.3, -0.25) is 0 Å². The number of rotatable bonds is 0. The molecule has 0 aliphatic carbocycles. The summed E-state index contributed by atoms with van der Waals surface area (Å²) in [4.78, 5) is 11.6. The molecule has 2 aliphatic rings. The number of hydrogen-bond donors (Lipinski definition) is 0. The molecular formula is C13H11ClO3. The first-order valence-corrected chi connectivity index (χ1v) is 5.86. The summed E-state index contributed by atoms with van der Waals surface area (Å²) >= 11 is 6.32. The molecule has 0 aromatic heterocycles. The van der Waals surface area contributed by atoms with E-state index in [1.807, 2.05) is 25.1 Å². The van der Waals surface area contributed by atoms with Crippen LogP contribution in [-0.4, -0.2) is 19.2 Å². The van der Waals surface area contributed by atoms with Gasteiger partial charge in [0.1, 0.15) is 12.4 Å². The Bertz CT molecular complexity index is 533. The van der Waals surface area contributed by atoms with Crippen LogP contribution >= 0.6 is 11.6 Å². The molecule has 4 heteroatoms. The summed E-state index contributed by atoms with van der Waals surface area (Å²) in [6.07, 6.45) is 0. The highest BCUT2D eigenvalue weighted by atomic mass is 35.5. The number of fused-ring (bicyclic) bond motifs is 2. The van der Waals surface area contributed by atoms with Crippen molar-refractivity contribution < 1.29 is 14.3 Å². The number of cyclic esters (lactones) is 1. The van der Waals surface area contributed by atoms with Crippen LogP contribution in [0.2, 0.25) is 0 Å². The van der Waals surface area contributed by atoms with Crippen LogP contribution < -0.4 is 4.74 Å². The fraction of sp³-hybridized carbons (Fsp3) is 0.308. The maximum absolute atomic E-state index is 11.6. The van der Waals surface area contributed by atoms with Gasteiger partial charge in [-0.15, -0.1) is 0 Å². The molecular weight excluding hydrogens is 240 g/mol. The number of para-hydroxylation sites is 1. The van der Waals surface area contributed by atoms with E-state index in [1.54, 1.807) is 0 Å². The molecule has 0 saturated carbocycles. The Morgan fingerprint density at radius 2 is 2.06 bits per heavy atom. The van der Waals surface area contributed by atoms with Crippen molar-refractivity contribution in [1.82, 2.24) is 0 Å². The lowest BCUT2D eigenvalue weighted by molar-refractivity contribution is -0.135. The highest BCUT2D eigenvalue weighted by Crippen LogP contribution is 2.41. The molecule has 0 N–H and O–H groups in total. The summed E-state index contributed by atoms with van der Waals surface area (Å²) in [5.74, 6) is 0.395. The predicted octanol–water partition coefficient (Wildman–Crippen LogP) is 2.51. The second kappa shape index (κ2) is 3.77. The maximum atomic E-state index is 11.6. The SMILES string of the molecule is Cc1cccc2c1OCC1COC(=O)C1=C2Cl. The van der Waals surface area contributed by atoms with Crippen LogP contribution in [0.4, 0.5) is 0 Å². The molecule has 1 atom stereocenters. The molecule has 3 rings (SSSR count). The Labute approximate surface area is 104 Å². The quantitative estimate of drug-likeness (QED) is 0.664. The van der Waals surface area contributed by atoms with Crippen molar-refractivity contribution in [1.29, 1.82) is 0 Å². The molecule has 1 aromatic rings. The summed E-state index contributed by atoms with van der Waals surface area (Å²) in [6.45, 7) is 2.76. The number of ether oxygens (including phenoxy) is 2. The van der Waals surface area contributed by atoms with E-state index in [0.29, 0.717) is 23.8 Å². The van der Waals surface area contributed by atoms with E-state index >= 15 is 0 Å². The van der Waals surface area contributed by atoms with Crippen LogP contribution in [-0.2, 0) is 9.53 Å². The van der Waals surface area contributed by atoms with Crippen molar-refractivity contribution in [3.8, 4) is 5.75 Å². The van der Waals surface area contributed by atoms with E-state index in [-0.39, 0.29) is 11.9 Å². The van der Waals surface area contributed by atoms with Gasteiger partial charge in [0, 0.05) is 5.56 Å². The zero-order chi connectivity index (χ0) is 12.0. The summed E-state index contributed by atoms with van der Waals surface area (Å²) < 4.78 is 10.8. The molecule has 1 aromatic carbocycles. The molecule has 0 spiro atoms. The van der Waals surface area contributed by atoms with Crippen LogP contribution in [0.15, 0.2) is 23.8 Å². The van der Waals surface area contributed by atoms with Crippen molar-refractivity contribution >= 4 is 22.6 Å². The van der Waals surface area contributed by atoms with Crippen molar-refractivity contribution in [3.05, 3.63) is 34.9 Å². The largest absolute Gasteiger partial charge is 0.492 e. The van der Waals surface area contributed by atoms with Gasteiger partial charge >= 0.3 is 5.97 Å². The van der Waals surface area contributed by atoms with E-state index < -0.39 is 0 Å². The first-order chi connectivity index (χ1) is 8.18. The van der Waals surface area contributed by atoms with Gasteiger partial charge < -0.3 is 9.47 Å². The first-order valence-electron chi connectivity index (χ1n) is 5.48. The van der Waals surface area contributed by atoms with Gasteiger partial charge in [-0.05, 0) is 18.6 Å². The van der Waals surface area contributed by atoms with E-state index in [9.17, 15) is 4.79 Å². The maximum Gasteiger partial charge on any atom is 0.336 e. The van der Waals surface area contributed by atoms with Gasteiger partial charge in [0.2, 0.25) is 0 Å². The number of carbonyl (C=O) groups is 1. The van der Waals surface area contributed by atoms with Crippen molar-refractivity contribution in [2.24, 2.45) is 5.92 Å². The third-order valence-electron chi connectivity index (χ3n) is 3.16. The molecule has 1 fully saturated rings. The summed E-state index contributed by atoms with van der Waals surface area (Å²) in [7, 11) is 0. The van der Waals surface area contributed by atoms with Crippen LogP contribution in [0.1, 0.15) is 11.1 Å². The Kier molecular flexibility index (Phi) is 2.37. The minimum Gasteiger partial charge on any atom is -0.492 e. The number of carbonyl (C=O) groups excluding carboxylic acids is 1. The third-order valence-corrected chi connectivity index (χ3v) is 3.56. The number of halogens is 1. The molecule has 1 unspecified atom stereocenters. The summed E-state index contributed by atoms with van der Waals surface area (Å²) in [5, 5.41) is 0.466. The average molecular weight is 251 g/mol. The highest BCUT2D eigenvalue weighted by molar-refractivity contribution is 6.51. The second-order valence-corrected chi connectivity index (χ2v) is 4.66. The lowest BCUT2D eigenvalue weighted by Crippen LogP contribution is -2.13. The van der Waals surface area contributed by atoms with Gasteiger partial charge in [0.05, 0.1) is 23.1 Å². The van der Waals surface area contributed by atoms with Crippen molar-refractivity contribution in [2.45, 2.75) is 6.92 Å². The van der Waals surface area contributed by atoms with Crippen molar-refractivity contribution in [2.75, 3.05) is 13.2 Å². The zero-order valence-electron chi connectivity index (χ0n) is 9.33. The monoisotopic (exact) mass is 250 g/mol. The van der Waals surface area contributed by atoms with Gasteiger partial charge in [-0.1, -0.05) is 23.7 Å². The normalized spacial score (nSPS) is 22.5. The Morgan fingerprint density at radius 1 is 1.29 bits per heavy atom. The lowest BCUT2D eigenvalue weighted by Gasteiger charge is -2.11. The lowest BCUT2D eigenvalue weighted by atomic mass is 10.0. The van der Waals surface area contributed by atoms with E-state index in [1.165, 1.54) is 0 Å². The van der Waals surface area contributed by atoms with E-state index in [2.05, 4.69) is 0 Å². The molecule has 17 heavy (non-hydrogen) atoms. The Balaban J connectivity index is 2.23. The standard InChI is InChI=1S/C13H11ClO3/c1-7-3-2-4-9-11(14)10-8(5-16-12(7)9)6-17-13(10)15/h2-4,8H,5-6H2,1H3. The van der Waals surface area contributed by atoms with Crippen molar-refractivity contribution in [3.63, 3.8) is 0 Å². The van der Waals surface area contributed by atoms with Crippen LogP contribution in [0.25, 0.3) is 5.03 Å². The molecule has 2 heterocycles. The highest BCUT2D eigenvalue weighted by Gasteiger charge is 2.36. The molecule has 2 aliphatic heterocycles. The second-order valence-electron chi connectivity index (χ2n) is 4.29. The number of esters is 1.